The molecule has 2 atom stereocenters. The third-order valence-electron chi connectivity index (χ3n) is 2.22. The van der Waals surface area contributed by atoms with Gasteiger partial charge in [0.25, 0.3) is 0 Å². The first-order valence-electron chi connectivity index (χ1n) is 4.22. The van der Waals surface area contributed by atoms with Crippen LogP contribution in [-0.4, -0.2) is 37.4 Å². The summed E-state index contributed by atoms with van der Waals surface area (Å²) in [5.41, 5.74) is 0. The van der Waals surface area contributed by atoms with Gasteiger partial charge in [-0.2, -0.15) is 0 Å². The Morgan fingerprint density at radius 3 is 2.83 bits per heavy atom. The first kappa shape index (κ1) is 9.48. The van der Waals surface area contributed by atoms with Gasteiger partial charge in [-0.05, 0) is 25.9 Å². The lowest BCUT2D eigenvalue weighted by molar-refractivity contribution is -0.149. The van der Waals surface area contributed by atoms with Crippen LogP contribution in [0.15, 0.2) is 0 Å². The molecule has 1 saturated heterocycles. The maximum Gasteiger partial charge on any atom is 0.311 e. The van der Waals surface area contributed by atoms with E-state index in [-0.39, 0.29) is 11.9 Å². The highest BCUT2D eigenvalue weighted by Gasteiger charge is 2.28. The van der Waals surface area contributed by atoms with Crippen molar-refractivity contribution in [3.8, 4) is 0 Å². The zero-order valence-corrected chi connectivity index (χ0v) is 7.25. The second-order valence-electron chi connectivity index (χ2n) is 3.02. The summed E-state index contributed by atoms with van der Waals surface area (Å²) in [4.78, 5) is 11.1. The predicted molar refractivity (Wildman–Crippen MR) is 43.6 cm³/mol. The fourth-order valence-electron chi connectivity index (χ4n) is 1.45. The van der Waals surface area contributed by atoms with Crippen LogP contribution in [0.3, 0.4) is 0 Å². The van der Waals surface area contributed by atoms with Gasteiger partial charge in [0.1, 0.15) is 0 Å². The molecule has 0 aromatic heterocycles. The first-order valence-corrected chi connectivity index (χ1v) is 4.22. The summed E-state index contributed by atoms with van der Waals surface area (Å²) in [7, 11) is 1.35. The maximum absolute atomic E-state index is 11.1. The number of carbonyl (C=O) groups excluding carboxylic acids is 1. The smallest absolute Gasteiger partial charge is 0.311 e. The lowest BCUT2D eigenvalue weighted by Crippen LogP contribution is -2.28. The van der Waals surface area contributed by atoms with Crippen molar-refractivity contribution in [2.24, 2.45) is 5.92 Å². The van der Waals surface area contributed by atoms with Crippen molar-refractivity contribution in [1.29, 1.82) is 0 Å². The predicted octanol–water partition coefficient (Wildman–Crippen LogP) is -0.480. The van der Waals surface area contributed by atoms with E-state index in [9.17, 15) is 9.90 Å². The van der Waals surface area contributed by atoms with Gasteiger partial charge in [-0.25, -0.2) is 0 Å². The number of carbonyl (C=O) groups is 1. The Balaban J connectivity index is 2.52. The molecule has 1 heterocycles. The summed E-state index contributed by atoms with van der Waals surface area (Å²) in [6.45, 7) is 1.55. The van der Waals surface area contributed by atoms with Gasteiger partial charge in [-0.3, -0.25) is 4.79 Å². The van der Waals surface area contributed by atoms with E-state index < -0.39 is 6.10 Å². The maximum atomic E-state index is 11.1. The third-order valence-corrected chi connectivity index (χ3v) is 2.22. The quantitative estimate of drug-likeness (QED) is 0.526. The molecule has 1 aliphatic heterocycles. The van der Waals surface area contributed by atoms with Gasteiger partial charge in [0.05, 0.1) is 19.1 Å². The highest BCUT2D eigenvalue weighted by Crippen LogP contribution is 2.15. The van der Waals surface area contributed by atoms with E-state index in [1.807, 2.05) is 0 Å². The lowest BCUT2D eigenvalue weighted by Gasteiger charge is -2.16. The molecule has 0 aromatic carbocycles. The third kappa shape index (κ3) is 2.19. The average molecular weight is 173 g/mol. The van der Waals surface area contributed by atoms with Crippen LogP contribution in [0.25, 0.3) is 0 Å². The molecule has 1 aliphatic rings. The molecule has 12 heavy (non-hydrogen) atoms. The summed E-state index contributed by atoms with van der Waals surface area (Å²) in [5, 5.41) is 12.6. The zero-order chi connectivity index (χ0) is 8.97. The lowest BCUT2D eigenvalue weighted by atomic mass is 9.98. The number of ether oxygens (including phenoxy) is 1. The van der Waals surface area contributed by atoms with Crippen LogP contribution in [0.5, 0.6) is 0 Å². The van der Waals surface area contributed by atoms with Gasteiger partial charge in [0, 0.05) is 0 Å². The summed E-state index contributed by atoms with van der Waals surface area (Å²) in [6.07, 6.45) is 0.737. The second-order valence-corrected chi connectivity index (χ2v) is 3.02. The molecule has 1 fully saturated rings. The normalized spacial score (nSPS) is 30.8. The molecule has 1 rings (SSSR count). The van der Waals surface area contributed by atoms with E-state index >= 15 is 0 Å². The van der Waals surface area contributed by atoms with Gasteiger partial charge in [0.15, 0.2) is 0 Å². The topological polar surface area (TPSA) is 58.6 Å². The number of esters is 1. The van der Waals surface area contributed by atoms with Crippen LogP contribution in [-0.2, 0) is 9.53 Å². The van der Waals surface area contributed by atoms with Crippen LogP contribution in [0.4, 0.5) is 0 Å². The number of hydrogen-bond donors (Lipinski definition) is 2. The molecule has 0 radical (unpaired) electrons. The van der Waals surface area contributed by atoms with Crippen molar-refractivity contribution in [3.63, 3.8) is 0 Å². The fourth-order valence-corrected chi connectivity index (χ4v) is 1.45. The van der Waals surface area contributed by atoms with Crippen molar-refractivity contribution in [2.75, 3.05) is 20.2 Å². The van der Waals surface area contributed by atoms with Crippen molar-refractivity contribution in [2.45, 2.75) is 18.9 Å². The van der Waals surface area contributed by atoms with Crippen LogP contribution in [0, 0.1) is 5.92 Å². The van der Waals surface area contributed by atoms with E-state index in [0.717, 1.165) is 13.1 Å². The van der Waals surface area contributed by atoms with Crippen LogP contribution in [0.1, 0.15) is 12.8 Å². The molecule has 0 unspecified atom stereocenters. The van der Waals surface area contributed by atoms with Gasteiger partial charge < -0.3 is 15.2 Å². The minimum atomic E-state index is -0.549. The van der Waals surface area contributed by atoms with E-state index in [0.29, 0.717) is 12.8 Å². The van der Waals surface area contributed by atoms with Gasteiger partial charge in [-0.15, -0.1) is 0 Å². The zero-order valence-electron chi connectivity index (χ0n) is 7.25. The summed E-state index contributed by atoms with van der Waals surface area (Å²) in [5.74, 6) is -0.642. The Morgan fingerprint density at radius 2 is 2.17 bits per heavy atom. The monoisotopic (exact) mass is 173 g/mol. The summed E-state index contributed by atoms with van der Waals surface area (Å²) in [6, 6.07) is 0. The van der Waals surface area contributed by atoms with Gasteiger partial charge >= 0.3 is 5.97 Å². The van der Waals surface area contributed by atoms with E-state index in [1.54, 1.807) is 0 Å². The SMILES string of the molecule is COC(=O)[C@H]1CCNCC[C@H]1O. The Hall–Kier alpha value is -0.610. The molecule has 0 aromatic rings. The molecule has 0 spiro atoms. The first-order chi connectivity index (χ1) is 5.75. The molecule has 0 aliphatic carbocycles. The van der Waals surface area contributed by atoms with Crippen molar-refractivity contribution >= 4 is 5.97 Å². The summed E-state index contributed by atoms with van der Waals surface area (Å²) < 4.78 is 4.59. The van der Waals surface area contributed by atoms with Crippen molar-refractivity contribution < 1.29 is 14.6 Å². The van der Waals surface area contributed by atoms with Crippen LogP contribution >= 0.6 is 0 Å². The minimum absolute atomic E-state index is 0.300. The van der Waals surface area contributed by atoms with E-state index in [1.165, 1.54) is 7.11 Å². The molecule has 0 bridgehead atoms. The largest absolute Gasteiger partial charge is 0.469 e. The number of nitrogens with one attached hydrogen (secondary N) is 1. The summed E-state index contributed by atoms with van der Waals surface area (Å²) >= 11 is 0. The number of rotatable bonds is 1. The van der Waals surface area contributed by atoms with Crippen molar-refractivity contribution in [1.82, 2.24) is 5.32 Å². The van der Waals surface area contributed by atoms with E-state index in [2.05, 4.69) is 10.1 Å². The van der Waals surface area contributed by atoms with Crippen molar-refractivity contribution in [3.05, 3.63) is 0 Å². The van der Waals surface area contributed by atoms with E-state index in [4.69, 9.17) is 0 Å². The van der Waals surface area contributed by atoms with Crippen LogP contribution in [0.2, 0.25) is 0 Å². The highest BCUT2D eigenvalue weighted by atomic mass is 16.5. The molecular formula is C8H15NO3. The molecule has 2 N–H and O–H groups in total. The molecule has 4 heteroatoms. The fraction of sp³-hybridized carbons (Fsp3) is 0.875. The molecule has 70 valence electrons. The highest BCUT2D eigenvalue weighted by molar-refractivity contribution is 5.72. The Bertz CT molecular complexity index is 160. The van der Waals surface area contributed by atoms with Gasteiger partial charge in [-0.1, -0.05) is 0 Å². The number of aliphatic hydroxyl groups excluding tert-OH is 1. The number of hydrogen-bond acceptors (Lipinski definition) is 4. The number of aliphatic hydroxyl groups is 1. The molecular weight excluding hydrogens is 158 g/mol. The second kappa shape index (κ2) is 4.42. The molecule has 0 amide bonds. The molecule has 4 nitrogen and oxygen atoms in total. The Labute approximate surface area is 71.9 Å². The Kier molecular flexibility index (Phi) is 3.49. The minimum Gasteiger partial charge on any atom is -0.469 e. The molecule has 0 saturated carbocycles. The van der Waals surface area contributed by atoms with Crippen LogP contribution < -0.4 is 5.32 Å². The van der Waals surface area contributed by atoms with Gasteiger partial charge in [0.2, 0.25) is 0 Å². The number of methoxy groups -OCH3 is 1. The Morgan fingerprint density at radius 1 is 1.50 bits per heavy atom. The average Bonchev–Trinajstić information content (AvgIpc) is 2.28. The standard InChI is InChI=1S/C8H15NO3/c1-12-8(11)6-2-4-9-5-3-7(6)10/h6-7,9-10H,2-5H2,1H3/t6-,7+/m0/s1.